The fourth-order valence-electron chi connectivity index (χ4n) is 0.794. The minimum atomic E-state index is -0.468. The number of amides is 1. The van der Waals surface area contributed by atoms with Gasteiger partial charge >= 0.3 is 0 Å². The summed E-state index contributed by atoms with van der Waals surface area (Å²) in [4.78, 5) is 10.7. The monoisotopic (exact) mass is 271 g/mol. The van der Waals surface area contributed by atoms with Crippen molar-refractivity contribution in [3.8, 4) is 0 Å². The van der Waals surface area contributed by atoms with Gasteiger partial charge in [0.2, 0.25) is 5.91 Å². The Kier molecular flexibility index (Phi) is 6.94. The largest absolute Gasteiger partial charge is 0.393 e. The maximum Gasteiger partial charge on any atom is 0.231 e. The van der Waals surface area contributed by atoms with Crippen molar-refractivity contribution in [3.05, 3.63) is 0 Å². The van der Waals surface area contributed by atoms with Gasteiger partial charge in [-0.1, -0.05) is 19.8 Å². The Bertz CT molecular complexity index is 119. The molecule has 1 amide bonds. The van der Waals surface area contributed by atoms with Crippen LogP contribution in [0.15, 0.2) is 0 Å². The third kappa shape index (κ3) is 6.55. The number of hydrogen-bond acceptors (Lipinski definition) is 2. The number of hydrogen-bond donors (Lipinski definition) is 2. The number of aliphatic hydroxyl groups is 1. The number of aliphatic hydroxyl groups excluding tert-OH is 1. The molecule has 0 aliphatic carbocycles. The van der Waals surface area contributed by atoms with E-state index in [1.165, 1.54) is 0 Å². The zero-order chi connectivity index (χ0) is 8.69. The molecule has 1 atom stereocenters. The van der Waals surface area contributed by atoms with Crippen molar-refractivity contribution in [2.24, 2.45) is 0 Å². The first kappa shape index (κ1) is 11.2. The van der Waals surface area contributed by atoms with Gasteiger partial charge in [-0.25, -0.2) is 0 Å². The first-order chi connectivity index (χ1) is 5.20. The van der Waals surface area contributed by atoms with Crippen LogP contribution in [0.3, 0.4) is 0 Å². The minimum absolute atomic E-state index is 0.103. The second-order valence-electron chi connectivity index (χ2n) is 2.52. The van der Waals surface area contributed by atoms with E-state index in [-0.39, 0.29) is 12.3 Å². The molecule has 0 heterocycles. The molecule has 66 valence electrons. The van der Waals surface area contributed by atoms with Crippen LogP contribution in [-0.2, 0) is 4.79 Å². The molecular formula is C7H14INO2. The molecule has 0 aromatic heterocycles. The standard InChI is InChI=1S/C7H14INO2/c1-2-3-4-6(10)5-7(11)9-8/h6,10H,2-5H2,1H3,(H,9,11). The summed E-state index contributed by atoms with van der Waals surface area (Å²) in [5, 5.41) is 9.22. The maximum atomic E-state index is 10.7. The third-order valence-electron chi connectivity index (χ3n) is 1.42. The fraction of sp³-hybridized carbons (Fsp3) is 0.857. The molecule has 4 heteroatoms. The van der Waals surface area contributed by atoms with Gasteiger partial charge in [0.25, 0.3) is 0 Å². The van der Waals surface area contributed by atoms with Crippen LogP contribution >= 0.6 is 22.9 Å². The molecule has 0 aliphatic rings. The van der Waals surface area contributed by atoms with Gasteiger partial charge in [-0.3, -0.25) is 8.32 Å². The van der Waals surface area contributed by atoms with E-state index in [1.54, 1.807) is 22.9 Å². The average molecular weight is 271 g/mol. The average Bonchev–Trinajstić information content (AvgIpc) is 2.00. The Labute approximate surface area is 81.1 Å². The topological polar surface area (TPSA) is 49.3 Å². The molecule has 0 bridgehead atoms. The van der Waals surface area contributed by atoms with Gasteiger partial charge < -0.3 is 5.11 Å². The first-order valence-corrected chi connectivity index (χ1v) is 4.86. The summed E-state index contributed by atoms with van der Waals surface area (Å²) in [5.74, 6) is -0.103. The summed E-state index contributed by atoms with van der Waals surface area (Å²) < 4.78 is 2.44. The minimum Gasteiger partial charge on any atom is -0.393 e. The lowest BCUT2D eigenvalue weighted by Crippen LogP contribution is -2.19. The second-order valence-corrected chi connectivity index (χ2v) is 3.06. The van der Waals surface area contributed by atoms with Crippen LogP contribution in [0.2, 0.25) is 0 Å². The third-order valence-corrected chi connectivity index (χ3v) is 2.02. The van der Waals surface area contributed by atoms with Gasteiger partial charge in [0, 0.05) is 0 Å². The molecule has 0 spiro atoms. The maximum absolute atomic E-state index is 10.7. The summed E-state index contributed by atoms with van der Waals surface area (Å²) in [6.45, 7) is 2.06. The van der Waals surface area contributed by atoms with Crippen LogP contribution in [0.5, 0.6) is 0 Å². The summed E-state index contributed by atoms with van der Waals surface area (Å²) in [6, 6.07) is 0. The zero-order valence-electron chi connectivity index (χ0n) is 6.64. The Morgan fingerprint density at radius 3 is 2.82 bits per heavy atom. The van der Waals surface area contributed by atoms with Crippen molar-refractivity contribution < 1.29 is 9.90 Å². The van der Waals surface area contributed by atoms with Gasteiger partial charge in [0.1, 0.15) is 0 Å². The van der Waals surface area contributed by atoms with Gasteiger partial charge in [0.05, 0.1) is 35.4 Å². The van der Waals surface area contributed by atoms with Crippen LogP contribution in [0, 0.1) is 0 Å². The predicted octanol–water partition coefficient (Wildman–Crippen LogP) is 1.39. The Hall–Kier alpha value is 0.160. The summed E-state index contributed by atoms with van der Waals surface area (Å²) in [6.07, 6.45) is 2.52. The fourth-order valence-corrected chi connectivity index (χ4v) is 1.01. The molecule has 0 radical (unpaired) electrons. The highest BCUT2D eigenvalue weighted by Gasteiger charge is 2.08. The number of carbonyl (C=O) groups is 1. The lowest BCUT2D eigenvalue weighted by molar-refractivity contribution is -0.120. The molecule has 1 unspecified atom stereocenters. The van der Waals surface area contributed by atoms with Crippen molar-refractivity contribution in [2.45, 2.75) is 38.7 Å². The highest BCUT2D eigenvalue weighted by atomic mass is 127. The molecule has 3 nitrogen and oxygen atoms in total. The normalized spacial score (nSPS) is 12.6. The van der Waals surface area contributed by atoms with E-state index in [0.717, 1.165) is 19.3 Å². The Balaban J connectivity index is 3.35. The second kappa shape index (κ2) is 6.84. The van der Waals surface area contributed by atoms with E-state index in [4.69, 9.17) is 0 Å². The van der Waals surface area contributed by atoms with Crippen molar-refractivity contribution in [2.75, 3.05) is 0 Å². The Morgan fingerprint density at radius 2 is 2.36 bits per heavy atom. The van der Waals surface area contributed by atoms with E-state index < -0.39 is 6.10 Å². The molecule has 0 aromatic rings. The van der Waals surface area contributed by atoms with Crippen LogP contribution in [0.1, 0.15) is 32.6 Å². The lowest BCUT2D eigenvalue weighted by atomic mass is 10.1. The van der Waals surface area contributed by atoms with E-state index in [1.807, 2.05) is 0 Å². The number of rotatable bonds is 5. The van der Waals surface area contributed by atoms with Crippen LogP contribution in [0.25, 0.3) is 0 Å². The van der Waals surface area contributed by atoms with E-state index in [0.29, 0.717) is 0 Å². The van der Waals surface area contributed by atoms with Crippen molar-refractivity contribution >= 4 is 28.8 Å². The smallest absolute Gasteiger partial charge is 0.231 e. The zero-order valence-corrected chi connectivity index (χ0v) is 8.80. The SMILES string of the molecule is CCCCC(O)CC(=O)NI. The van der Waals surface area contributed by atoms with E-state index in [2.05, 4.69) is 10.5 Å². The summed E-state index contributed by atoms with van der Waals surface area (Å²) in [7, 11) is 0. The quantitative estimate of drug-likeness (QED) is 0.586. The molecule has 0 aliphatic heterocycles. The van der Waals surface area contributed by atoms with Crippen molar-refractivity contribution in [1.82, 2.24) is 3.53 Å². The number of carbonyl (C=O) groups excluding carboxylic acids is 1. The van der Waals surface area contributed by atoms with Gasteiger partial charge in [-0.2, -0.15) is 0 Å². The van der Waals surface area contributed by atoms with Crippen molar-refractivity contribution in [1.29, 1.82) is 0 Å². The highest BCUT2D eigenvalue weighted by molar-refractivity contribution is 14.1. The van der Waals surface area contributed by atoms with E-state index in [9.17, 15) is 9.90 Å². The van der Waals surface area contributed by atoms with Crippen molar-refractivity contribution in [3.63, 3.8) is 0 Å². The van der Waals surface area contributed by atoms with E-state index >= 15 is 0 Å². The van der Waals surface area contributed by atoms with Crippen LogP contribution < -0.4 is 3.53 Å². The number of halogens is 1. The molecule has 0 saturated carbocycles. The molecular weight excluding hydrogens is 257 g/mol. The molecule has 0 aromatic carbocycles. The highest BCUT2D eigenvalue weighted by Crippen LogP contribution is 2.03. The summed E-state index contributed by atoms with van der Waals surface area (Å²) >= 11 is 1.77. The molecule has 0 rings (SSSR count). The van der Waals surface area contributed by atoms with Gasteiger partial charge in [-0.05, 0) is 6.42 Å². The molecule has 2 N–H and O–H groups in total. The molecule has 11 heavy (non-hydrogen) atoms. The molecule has 0 fully saturated rings. The summed E-state index contributed by atoms with van der Waals surface area (Å²) in [5.41, 5.74) is 0. The predicted molar refractivity (Wildman–Crippen MR) is 52.3 cm³/mol. The Morgan fingerprint density at radius 1 is 1.73 bits per heavy atom. The first-order valence-electron chi connectivity index (χ1n) is 3.78. The number of unbranched alkanes of at least 4 members (excludes halogenated alkanes) is 1. The van der Waals surface area contributed by atoms with Gasteiger partial charge in [-0.15, -0.1) is 0 Å². The lowest BCUT2D eigenvalue weighted by Gasteiger charge is -2.06. The van der Waals surface area contributed by atoms with Crippen LogP contribution in [0.4, 0.5) is 0 Å². The van der Waals surface area contributed by atoms with Gasteiger partial charge in [0.15, 0.2) is 0 Å². The van der Waals surface area contributed by atoms with Crippen LogP contribution in [-0.4, -0.2) is 17.1 Å². The number of nitrogens with one attached hydrogen (secondary N) is 1. The molecule has 0 saturated heterocycles.